The Hall–Kier alpha value is -1.65. The number of aromatic nitrogens is 2. The molecule has 0 bridgehead atoms. The van der Waals surface area contributed by atoms with Crippen molar-refractivity contribution in [3.63, 3.8) is 0 Å². The van der Waals surface area contributed by atoms with Crippen LogP contribution in [0, 0.1) is 19.8 Å². The molecule has 0 unspecified atom stereocenters. The lowest BCUT2D eigenvalue weighted by molar-refractivity contribution is -0.125. The molecule has 0 atom stereocenters. The average Bonchev–Trinajstić information content (AvgIpc) is 2.60. The minimum atomic E-state index is 0.141. The van der Waals surface area contributed by atoms with E-state index in [4.69, 9.17) is 0 Å². The van der Waals surface area contributed by atoms with Crippen LogP contribution in [0.3, 0.4) is 0 Å². The number of nitrogens with one attached hydrogen (secondary N) is 1. The molecule has 0 aliphatic carbocycles. The molecule has 2 rings (SSSR count). The van der Waals surface area contributed by atoms with Crippen molar-refractivity contribution < 1.29 is 4.79 Å². The quantitative estimate of drug-likeness (QED) is 0.691. The lowest BCUT2D eigenvalue weighted by Crippen LogP contribution is -2.41. The molecule has 1 saturated heterocycles. The van der Waals surface area contributed by atoms with Gasteiger partial charge >= 0.3 is 0 Å². The summed E-state index contributed by atoms with van der Waals surface area (Å²) in [6.07, 6.45) is 9.32. The zero-order valence-electron chi connectivity index (χ0n) is 16.2. The molecule has 1 fully saturated rings. The van der Waals surface area contributed by atoms with Crippen molar-refractivity contribution >= 4 is 11.9 Å². The predicted molar refractivity (Wildman–Crippen MR) is 103 cm³/mol. The molecule has 1 aliphatic rings. The van der Waals surface area contributed by atoms with Gasteiger partial charge in [-0.3, -0.25) is 4.79 Å². The maximum absolute atomic E-state index is 12.3. The maximum atomic E-state index is 12.3. The van der Waals surface area contributed by atoms with Crippen molar-refractivity contribution in [3.8, 4) is 0 Å². The summed E-state index contributed by atoms with van der Waals surface area (Å²) < 4.78 is 0. The molecule has 140 valence electrons. The third kappa shape index (κ3) is 6.63. The Morgan fingerprint density at radius 3 is 2.32 bits per heavy atom. The van der Waals surface area contributed by atoms with Crippen LogP contribution in [0.25, 0.3) is 0 Å². The first kappa shape index (κ1) is 19.7. The van der Waals surface area contributed by atoms with Crippen molar-refractivity contribution in [1.29, 1.82) is 0 Å². The topological polar surface area (TPSA) is 58.1 Å². The monoisotopic (exact) mass is 346 g/mol. The number of hydrogen-bond donors (Lipinski definition) is 1. The van der Waals surface area contributed by atoms with Gasteiger partial charge in [-0.2, -0.15) is 0 Å². The fraction of sp³-hybridized carbons (Fsp3) is 0.750. The number of carbonyl (C=O) groups is 1. The van der Waals surface area contributed by atoms with Gasteiger partial charge < -0.3 is 10.2 Å². The molecule has 2 heterocycles. The third-order valence-electron chi connectivity index (χ3n) is 4.95. The molecule has 1 aromatic rings. The second-order valence-electron chi connectivity index (χ2n) is 7.27. The Balaban J connectivity index is 1.66. The van der Waals surface area contributed by atoms with Crippen LogP contribution in [0.1, 0.15) is 69.7 Å². The Bertz CT molecular complexity index is 518. The molecular formula is C20H34N4O. The Morgan fingerprint density at radius 2 is 1.68 bits per heavy atom. The van der Waals surface area contributed by atoms with Gasteiger partial charge in [0.1, 0.15) is 0 Å². The number of hydrogen-bond acceptors (Lipinski definition) is 4. The summed E-state index contributed by atoms with van der Waals surface area (Å²) in [5, 5.41) is 3.13. The van der Waals surface area contributed by atoms with E-state index >= 15 is 0 Å². The predicted octanol–water partition coefficient (Wildman–Crippen LogP) is 3.79. The van der Waals surface area contributed by atoms with Crippen LogP contribution < -0.4 is 10.2 Å². The van der Waals surface area contributed by atoms with E-state index in [1.807, 2.05) is 19.9 Å². The van der Waals surface area contributed by atoms with E-state index in [0.717, 1.165) is 56.2 Å². The molecule has 0 saturated carbocycles. The van der Waals surface area contributed by atoms with E-state index in [1.54, 1.807) is 0 Å². The summed E-state index contributed by atoms with van der Waals surface area (Å²) in [5.74, 6) is 1.18. The van der Waals surface area contributed by atoms with Gasteiger partial charge in [0.25, 0.3) is 0 Å². The lowest BCUT2D eigenvalue weighted by Gasteiger charge is -2.31. The van der Waals surface area contributed by atoms with Gasteiger partial charge in [0.15, 0.2) is 0 Å². The molecule has 0 spiro atoms. The summed E-state index contributed by atoms with van der Waals surface area (Å²) in [5.41, 5.74) is 2.00. The van der Waals surface area contributed by atoms with E-state index in [-0.39, 0.29) is 11.8 Å². The Morgan fingerprint density at radius 1 is 1.08 bits per heavy atom. The minimum Gasteiger partial charge on any atom is -0.356 e. The maximum Gasteiger partial charge on any atom is 0.225 e. The molecule has 0 aromatic carbocycles. The highest BCUT2D eigenvalue weighted by molar-refractivity contribution is 5.78. The lowest BCUT2D eigenvalue weighted by atomic mass is 9.96. The summed E-state index contributed by atoms with van der Waals surface area (Å²) in [6, 6.07) is 1.99. The van der Waals surface area contributed by atoms with Crippen molar-refractivity contribution in [1.82, 2.24) is 15.3 Å². The van der Waals surface area contributed by atoms with Crippen LogP contribution in [-0.4, -0.2) is 35.5 Å². The largest absolute Gasteiger partial charge is 0.356 e. The summed E-state index contributed by atoms with van der Waals surface area (Å²) in [7, 11) is 0. The SMILES string of the molecule is CCCCCCCCNC(=O)C1CCN(c2nc(C)cc(C)n2)CC1. The molecule has 1 N–H and O–H groups in total. The van der Waals surface area contributed by atoms with Gasteiger partial charge in [-0.05, 0) is 39.2 Å². The van der Waals surface area contributed by atoms with Crippen LogP contribution in [-0.2, 0) is 4.79 Å². The zero-order chi connectivity index (χ0) is 18.1. The first-order valence-corrected chi connectivity index (χ1v) is 9.95. The molecule has 1 amide bonds. The summed E-state index contributed by atoms with van der Waals surface area (Å²) >= 11 is 0. The van der Waals surface area contributed by atoms with Crippen LogP contribution >= 0.6 is 0 Å². The normalized spacial score (nSPS) is 15.4. The number of amides is 1. The van der Waals surface area contributed by atoms with Gasteiger partial charge in [-0.15, -0.1) is 0 Å². The minimum absolute atomic E-state index is 0.141. The van der Waals surface area contributed by atoms with E-state index in [1.165, 1.54) is 32.1 Å². The summed E-state index contributed by atoms with van der Waals surface area (Å²) in [6.45, 7) is 8.78. The van der Waals surface area contributed by atoms with Crippen molar-refractivity contribution in [3.05, 3.63) is 17.5 Å². The molecular weight excluding hydrogens is 312 g/mol. The van der Waals surface area contributed by atoms with Gasteiger partial charge in [-0.25, -0.2) is 9.97 Å². The number of piperidine rings is 1. The molecule has 0 radical (unpaired) electrons. The molecule has 1 aromatic heterocycles. The van der Waals surface area contributed by atoms with E-state index in [2.05, 4.69) is 27.1 Å². The highest BCUT2D eigenvalue weighted by atomic mass is 16.1. The highest BCUT2D eigenvalue weighted by Gasteiger charge is 2.26. The number of anilines is 1. The van der Waals surface area contributed by atoms with Crippen LogP contribution in [0.15, 0.2) is 6.07 Å². The Kier molecular flexibility index (Phi) is 8.16. The number of carbonyl (C=O) groups excluding carboxylic acids is 1. The van der Waals surface area contributed by atoms with E-state index in [9.17, 15) is 4.79 Å². The number of nitrogens with zero attached hydrogens (tertiary/aromatic N) is 3. The van der Waals surface area contributed by atoms with Crippen molar-refractivity contribution in [2.75, 3.05) is 24.5 Å². The van der Waals surface area contributed by atoms with Gasteiger partial charge in [0.05, 0.1) is 0 Å². The van der Waals surface area contributed by atoms with Gasteiger partial charge in [0, 0.05) is 36.9 Å². The first-order valence-electron chi connectivity index (χ1n) is 9.95. The van der Waals surface area contributed by atoms with Gasteiger partial charge in [0.2, 0.25) is 11.9 Å². The Labute approximate surface area is 152 Å². The second kappa shape index (κ2) is 10.4. The van der Waals surface area contributed by atoms with Gasteiger partial charge in [-0.1, -0.05) is 39.0 Å². The standard InChI is InChI=1S/C20H34N4O/c1-4-5-6-7-8-9-12-21-19(25)18-10-13-24(14-11-18)20-22-16(2)15-17(3)23-20/h15,18H,4-14H2,1-3H3,(H,21,25). The highest BCUT2D eigenvalue weighted by Crippen LogP contribution is 2.21. The zero-order valence-corrected chi connectivity index (χ0v) is 16.2. The molecule has 25 heavy (non-hydrogen) atoms. The van der Waals surface area contributed by atoms with Crippen LogP contribution in [0.4, 0.5) is 5.95 Å². The number of aryl methyl sites for hydroxylation is 2. The second-order valence-corrected chi connectivity index (χ2v) is 7.27. The van der Waals surface area contributed by atoms with Crippen molar-refractivity contribution in [2.45, 2.75) is 72.1 Å². The van der Waals surface area contributed by atoms with Crippen molar-refractivity contribution in [2.24, 2.45) is 5.92 Å². The van der Waals surface area contributed by atoms with Crippen LogP contribution in [0.2, 0.25) is 0 Å². The molecule has 5 nitrogen and oxygen atoms in total. The first-order chi connectivity index (χ1) is 12.1. The number of rotatable bonds is 9. The molecule has 1 aliphatic heterocycles. The fourth-order valence-electron chi connectivity index (χ4n) is 3.45. The van der Waals surface area contributed by atoms with E-state index < -0.39 is 0 Å². The average molecular weight is 347 g/mol. The van der Waals surface area contributed by atoms with E-state index in [0.29, 0.717) is 0 Å². The summed E-state index contributed by atoms with van der Waals surface area (Å²) in [4.78, 5) is 23.6. The van der Waals surface area contributed by atoms with Crippen LogP contribution in [0.5, 0.6) is 0 Å². The third-order valence-corrected chi connectivity index (χ3v) is 4.95. The molecule has 5 heteroatoms. The number of unbranched alkanes of at least 4 members (excludes halogenated alkanes) is 5. The smallest absolute Gasteiger partial charge is 0.225 e. The fourth-order valence-corrected chi connectivity index (χ4v) is 3.45.